The maximum Gasteiger partial charge on any atom is 0.339 e. The molecule has 1 saturated heterocycles. The minimum absolute atomic E-state index is 0.0132. The number of carbonyl (C=O) groups excluding carboxylic acids is 2. The number of carbonyl (C=O) groups is 2. The van der Waals surface area contributed by atoms with Crippen LogP contribution in [0.1, 0.15) is 55.1 Å². The van der Waals surface area contributed by atoms with Gasteiger partial charge in [0.2, 0.25) is 15.9 Å². The minimum atomic E-state index is -3.88. The first-order valence-electron chi connectivity index (χ1n) is 11.3. The van der Waals surface area contributed by atoms with Crippen LogP contribution in [0.2, 0.25) is 0 Å². The van der Waals surface area contributed by atoms with Gasteiger partial charge in [0, 0.05) is 19.0 Å². The van der Waals surface area contributed by atoms with E-state index in [0.717, 1.165) is 12.0 Å². The molecule has 0 aromatic heterocycles. The van der Waals surface area contributed by atoms with Crippen LogP contribution >= 0.6 is 0 Å². The molecule has 0 bridgehead atoms. The van der Waals surface area contributed by atoms with E-state index in [-0.39, 0.29) is 41.4 Å². The van der Waals surface area contributed by atoms with Gasteiger partial charge in [-0.25, -0.2) is 13.2 Å². The summed E-state index contributed by atoms with van der Waals surface area (Å²) in [5, 5.41) is 3.18. The van der Waals surface area contributed by atoms with Crippen LogP contribution < -0.4 is 5.32 Å². The van der Waals surface area contributed by atoms with E-state index in [4.69, 9.17) is 4.74 Å². The summed E-state index contributed by atoms with van der Waals surface area (Å²) in [6, 6.07) is 15.9. The number of benzene rings is 2. The highest BCUT2D eigenvalue weighted by Gasteiger charge is 2.34. The molecule has 1 N–H and O–H groups in total. The standard InChI is InChI=1S/C25H32N2O5S/c1-18(2)17-22(19-9-5-4-6-10-19)26-24(28)20-13-15-27(16-14-20)33(30,31)23-12-8-7-11-21(23)25(29)32-3/h4-12,18,20,22H,13-17H2,1-3H3,(H,26,28). The minimum Gasteiger partial charge on any atom is -0.465 e. The van der Waals surface area contributed by atoms with Crippen LogP contribution in [0.25, 0.3) is 0 Å². The SMILES string of the molecule is COC(=O)c1ccccc1S(=O)(=O)N1CCC(C(=O)NC(CC(C)C)c2ccccc2)CC1. The van der Waals surface area contributed by atoms with Crippen LogP contribution in [-0.2, 0) is 19.6 Å². The quantitative estimate of drug-likeness (QED) is 0.590. The predicted molar refractivity (Wildman–Crippen MR) is 126 cm³/mol. The number of hydrogen-bond donors (Lipinski definition) is 1. The first kappa shape index (κ1) is 24.9. The van der Waals surface area contributed by atoms with Crippen molar-refractivity contribution >= 4 is 21.9 Å². The Balaban J connectivity index is 1.68. The van der Waals surface area contributed by atoms with Crippen molar-refractivity contribution < 1.29 is 22.7 Å². The Morgan fingerprint density at radius 3 is 2.24 bits per heavy atom. The molecule has 2 aromatic rings. The lowest BCUT2D eigenvalue weighted by Crippen LogP contribution is -2.44. The third-order valence-electron chi connectivity index (χ3n) is 5.96. The fourth-order valence-electron chi connectivity index (χ4n) is 4.19. The summed E-state index contributed by atoms with van der Waals surface area (Å²) < 4.78 is 32.5. The smallest absolute Gasteiger partial charge is 0.339 e. The van der Waals surface area contributed by atoms with Crippen molar-refractivity contribution in [2.75, 3.05) is 20.2 Å². The van der Waals surface area contributed by atoms with Gasteiger partial charge in [-0.3, -0.25) is 4.79 Å². The highest BCUT2D eigenvalue weighted by Crippen LogP contribution is 2.28. The van der Waals surface area contributed by atoms with Gasteiger partial charge in [0.1, 0.15) is 0 Å². The fraction of sp³-hybridized carbons (Fsp3) is 0.440. The Kier molecular flexibility index (Phi) is 8.26. The molecule has 1 heterocycles. The Bertz CT molecular complexity index is 1060. The number of piperidine rings is 1. The highest BCUT2D eigenvalue weighted by molar-refractivity contribution is 7.89. The highest BCUT2D eigenvalue weighted by atomic mass is 32.2. The molecule has 0 radical (unpaired) electrons. The molecule has 2 aromatic carbocycles. The van der Waals surface area contributed by atoms with E-state index in [1.165, 1.54) is 23.5 Å². The maximum absolute atomic E-state index is 13.2. The molecule has 1 aliphatic heterocycles. The number of sulfonamides is 1. The zero-order valence-corrected chi connectivity index (χ0v) is 20.2. The number of hydrogen-bond acceptors (Lipinski definition) is 5. The van der Waals surface area contributed by atoms with Crippen LogP contribution in [-0.4, -0.2) is 44.8 Å². The van der Waals surface area contributed by atoms with E-state index in [2.05, 4.69) is 19.2 Å². The van der Waals surface area contributed by atoms with Crippen LogP contribution in [0.15, 0.2) is 59.5 Å². The molecular formula is C25H32N2O5S. The van der Waals surface area contributed by atoms with Gasteiger partial charge >= 0.3 is 5.97 Å². The van der Waals surface area contributed by atoms with Gasteiger partial charge in [-0.15, -0.1) is 0 Å². The molecule has 0 saturated carbocycles. The molecule has 1 amide bonds. The molecule has 1 unspecified atom stereocenters. The van der Waals surface area contributed by atoms with Gasteiger partial charge in [0.05, 0.1) is 23.6 Å². The number of esters is 1. The first-order valence-corrected chi connectivity index (χ1v) is 12.7. The maximum atomic E-state index is 13.2. The third-order valence-corrected chi connectivity index (χ3v) is 7.92. The number of methoxy groups -OCH3 is 1. The summed E-state index contributed by atoms with van der Waals surface area (Å²) >= 11 is 0. The van der Waals surface area contributed by atoms with E-state index in [1.54, 1.807) is 12.1 Å². The van der Waals surface area contributed by atoms with Crippen LogP contribution in [0.3, 0.4) is 0 Å². The van der Waals surface area contributed by atoms with E-state index in [9.17, 15) is 18.0 Å². The summed E-state index contributed by atoms with van der Waals surface area (Å²) in [5.74, 6) is -0.583. The fourth-order valence-corrected chi connectivity index (χ4v) is 5.84. The van der Waals surface area contributed by atoms with Crippen LogP contribution in [0.4, 0.5) is 0 Å². The van der Waals surface area contributed by atoms with Gasteiger partial charge in [0.15, 0.2) is 0 Å². The van der Waals surface area contributed by atoms with Crippen molar-refractivity contribution in [3.63, 3.8) is 0 Å². The number of amides is 1. The number of rotatable bonds is 8. The molecule has 0 spiro atoms. The average Bonchev–Trinajstić information content (AvgIpc) is 2.83. The van der Waals surface area contributed by atoms with Gasteiger partial charge in [0.25, 0.3) is 0 Å². The van der Waals surface area contributed by atoms with Gasteiger partial charge in [-0.1, -0.05) is 56.3 Å². The Hall–Kier alpha value is -2.71. The summed E-state index contributed by atoms with van der Waals surface area (Å²) in [4.78, 5) is 25.0. The monoisotopic (exact) mass is 472 g/mol. The van der Waals surface area contributed by atoms with Gasteiger partial charge < -0.3 is 10.1 Å². The third kappa shape index (κ3) is 6.00. The topological polar surface area (TPSA) is 92.8 Å². The largest absolute Gasteiger partial charge is 0.465 e. The number of ether oxygens (including phenoxy) is 1. The Morgan fingerprint density at radius 1 is 1.03 bits per heavy atom. The van der Waals surface area contributed by atoms with Crippen LogP contribution in [0.5, 0.6) is 0 Å². The lowest BCUT2D eigenvalue weighted by atomic mass is 9.93. The normalized spacial score (nSPS) is 16.4. The summed E-state index contributed by atoms with van der Waals surface area (Å²) in [7, 11) is -2.66. The molecule has 0 aliphatic carbocycles. The molecular weight excluding hydrogens is 440 g/mol. The molecule has 1 atom stereocenters. The zero-order valence-electron chi connectivity index (χ0n) is 19.4. The van der Waals surface area contributed by atoms with E-state index < -0.39 is 16.0 Å². The van der Waals surface area contributed by atoms with Crippen molar-refractivity contribution in [3.8, 4) is 0 Å². The molecule has 1 aliphatic rings. The molecule has 3 rings (SSSR count). The summed E-state index contributed by atoms with van der Waals surface area (Å²) in [6.45, 7) is 4.68. The molecule has 7 nitrogen and oxygen atoms in total. The van der Waals surface area contributed by atoms with Gasteiger partial charge in [-0.05, 0) is 42.9 Å². The number of nitrogens with one attached hydrogen (secondary N) is 1. The van der Waals surface area contributed by atoms with E-state index >= 15 is 0 Å². The van der Waals surface area contributed by atoms with Crippen molar-refractivity contribution in [2.24, 2.45) is 11.8 Å². The van der Waals surface area contributed by atoms with Crippen LogP contribution in [0, 0.1) is 11.8 Å². The Labute approximate surface area is 196 Å². The predicted octanol–water partition coefficient (Wildman–Crippen LogP) is 3.78. The van der Waals surface area contributed by atoms with E-state index in [0.29, 0.717) is 18.8 Å². The second kappa shape index (κ2) is 10.9. The summed E-state index contributed by atoms with van der Waals surface area (Å²) in [5.41, 5.74) is 1.08. The number of nitrogens with zero attached hydrogens (tertiary/aromatic N) is 1. The molecule has 1 fully saturated rings. The lowest BCUT2D eigenvalue weighted by molar-refractivity contribution is -0.127. The lowest BCUT2D eigenvalue weighted by Gasteiger charge is -2.32. The molecule has 178 valence electrons. The van der Waals surface area contributed by atoms with Crippen molar-refractivity contribution in [1.29, 1.82) is 0 Å². The zero-order chi connectivity index (χ0) is 24.0. The average molecular weight is 473 g/mol. The first-order chi connectivity index (χ1) is 15.7. The second-order valence-electron chi connectivity index (χ2n) is 8.77. The second-order valence-corrected chi connectivity index (χ2v) is 10.7. The van der Waals surface area contributed by atoms with Gasteiger partial charge in [-0.2, -0.15) is 4.31 Å². The van der Waals surface area contributed by atoms with Crippen molar-refractivity contribution in [2.45, 2.75) is 44.0 Å². The summed E-state index contributed by atoms with van der Waals surface area (Å²) in [6.07, 6.45) is 1.68. The Morgan fingerprint density at radius 2 is 1.64 bits per heavy atom. The van der Waals surface area contributed by atoms with E-state index in [1.807, 2.05) is 30.3 Å². The molecule has 33 heavy (non-hydrogen) atoms. The van der Waals surface area contributed by atoms with Crippen molar-refractivity contribution in [3.05, 3.63) is 65.7 Å². The van der Waals surface area contributed by atoms with Crippen molar-refractivity contribution in [1.82, 2.24) is 9.62 Å². The molecule has 8 heteroatoms.